The second-order valence-corrected chi connectivity index (χ2v) is 10.9. The molecule has 0 unspecified atom stereocenters. The van der Waals surface area contributed by atoms with Crippen LogP contribution in [0.4, 0.5) is 0 Å². The minimum Gasteiger partial charge on any atom is -0.543 e. The lowest BCUT2D eigenvalue weighted by Crippen LogP contribution is -2.42. The highest BCUT2D eigenvalue weighted by Gasteiger charge is 2.13. The zero-order valence-corrected chi connectivity index (χ0v) is 19.6. The molecule has 0 aromatic carbocycles. The van der Waals surface area contributed by atoms with E-state index in [-0.39, 0.29) is 0 Å². The van der Waals surface area contributed by atoms with Gasteiger partial charge in [-0.2, -0.15) is 0 Å². The van der Waals surface area contributed by atoms with Gasteiger partial charge in [0.1, 0.15) is 34.5 Å². The van der Waals surface area contributed by atoms with Crippen LogP contribution in [-0.2, 0) is 31.4 Å². The van der Waals surface area contributed by atoms with Gasteiger partial charge in [0.2, 0.25) is 0 Å². The number of hydrogen-bond acceptors (Lipinski definition) is 4. The molecule has 0 aliphatic heterocycles. The van der Waals surface area contributed by atoms with Crippen molar-refractivity contribution in [2.75, 3.05) is 34.5 Å². The SMILES string of the molecule is CCC[S+](CCC)CCC.CCC[S+](CCC)CCC.O=C([O-])C(=O)[O-]. The predicted molar refractivity (Wildman–Crippen MR) is 116 cm³/mol. The zero-order valence-electron chi connectivity index (χ0n) is 17.9. The van der Waals surface area contributed by atoms with Crippen LogP contribution in [0.25, 0.3) is 0 Å². The molecule has 0 aliphatic carbocycles. The van der Waals surface area contributed by atoms with Crippen LogP contribution in [0.15, 0.2) is 0 Å². The minimum atomic E-state index is -2.19. The maximum atomic E-state index is 8.93. The average Bonchev–Trinajstić information content (AvgIpc) is 2.57. The molecule has 0 heterocycles. The number of aliphatic carboxylic acids is 2. The van der Waals surface area contributed by atoms with Gasteiger partial charge in [-0.15, -0.1) is 0 Å². The van der Waals surface area contributed by atoms with Gasteiger partial charge in [-0.25, -0.2) is 0 Å². The normalized spacial score (nSPS) is 10.0. The van der Waals surface area contributed by atoms with E-state index < -0.39 is 11.9 Å². The molecular formula is C20H42O4S2. The molecule has 0 saturated carbocycles. The molecule has 4 nitrogen and oxygen atoms in total. The number of carboxylic acid groups (broad SMARTS) is 2. The molecule has 0 spiro atoms. The molecule has 6 heteroatoms. The fourth-order valence-corrected chi connectivity index (χ4v) is 7.03. The maximum absolute atomic E-state index is 8.93. The molecule has 0 aliphatic rings. The van der Waals surface area contributed by atoms with Gasteiger partial charge in [0, 0.05) is 0 Å². The molecule has 0 saturated heterocycles. The summed E-state index contributed by atoms with van der Waals surface area (Å²) in [5.41, 5.74) is 0. The maximum Gasteiger partial charge on any atom is 0.107 e. The van der Waals surface area contributed by atoms with Crippen molar-refractivity contribution in [3.05, 3.63) is 0 Å². The lowest BCUT2D eigenvalue weighted by atomic mass is 10.6. The predicted octanol–water partition coefficient (Wildman–Crippen LogP) is 2.16. The third kappa shape index (κ3) is 25.9. The van der Waals surface area contributed by atoms with Crippen LogP contribution in [0.1, 0.15) is 80.1 Å². The summed E-state index contributed by atoms with van der Waals surface area (Å²) < 4.78 is 0. The Kier molecular flexibility index (Phi) is 28.8. The Morgan fingerprint density at radius 1 is 0.500 bits per heavy atom. The number of hydrogen-bond donors (Lipinski definition) is 0. The van der Waals surface area contributed by atoms with E-state index >= 15 is 0 Å². The summed E-state index contributed by atoms with van der Waals surface area (Å²) in [7, 11) is 1.55. The van der Waals surface area contributed by atoms with E-state index in [2.05, 4.69) is 41.5 Å². The number of carbonyl (C=O) groups is 2. The minimum absolute atomic E-state index is 0.775. The van der Waals surface area contributed by atoms with Crippen LogP contribution in [0.5, 0.6) is 0 Å². The first-order valence-electron chi connectivity index (χ1n) is 10.0. The quantitative estimate of drug-likeness (QED) is 0.365. The van der Waals surface area contributed by atoms with Crippen LogP contribution >= 0.6 is 0 Å². The standard InChI is InChI=1S/2C9H21S.C2H2O4/c2*1-4-7-10(8-5-2)9-6-3;3-1(4)2(5)6/h2*4-9H2,1-3H3;(H,3,4)(H,5,6)/q2*+1;/p-2. The molecule has 0 aromatic heterocycles. The zero-order chi connectivity index (χ0) is 20.8. The summed E-state index contributed by atoms with van der Waals surface area (Å²) in [5.74, 6) is 4.47. The average molecular weight is 411 g/mol. The van der Waals surface area contributed by atoms with E-state index in [1.807, 2.05) is 0 Å². The Morgan fingerprint density at radius 3 is 0.731 bits per heavy atom. The van der Waals surface area contributed by atoms with Gasteiger partial charge in [0.05, 0.1) is 11.9 Å². The van der Waals surface area contributed by atoms with Gasteiger partial charge in [-0.3, -0.25) is 0 Å². The van der Waals surface area contributed by atoms with Gasteiger partial charge in [-0.1, -0.05) is 41.5 Å². The first-order valence-corrected chi connectivity index (χ1v) is 13.5. The van der Waals surface area contributed by atoms with E-state index in [4.69, 9.17) is 19.8 Å². The van der Waals surface area contributed by atoms with Crippen molar-refractivity contribution < 1.29 is 19.8 Å². The number of rotatable bonds is 12. The van der Waals surface area contributed by atoms with Crippen LogP contribution in [0.2, 0.25) is 0 Å². The monoisotopic (exact) mass is 410 g/mol. The first-order chi connectivity index (χ1) is 12.3. The van der Waals surface area contributed by atoms with Crippen LogP contribution in [-0.4, -0.2) is 46.5 Å². The van der Waals surface area contributed by atoms with Gasteiger partial charge >= 0.3 is 0 Å². The third-order valence-corrected chi connectivity index (χ3v) is 9.04. The van der Waals surface area contributed by atoms with E-state index in [1.165, 1.54) is 73.0 Å². The van der Waals surface area contributed by atoms with E-state index in [9.17, 15) is 0 Å². The molecule has 0 radical (unpaired) electrons. The van der Waals surface area contributed by atoms with Gasteiger partial charge < -0.3 is 19.8 Å². The van der Waals surface area contributed by atoms with Gasteiger partial charge in [0.25, 0.3) is 0 Å². The van der Waals surface area contributed by atoms with Crippen LogP contribution < -0.4 is 10.2 Å². The van der Waals surface area contributed by atoms with Gasteiger partial charge in [-0.05, 0) is 60.3 Å². The summed E-state index contributed by atoms with van der Waals surface area (Å²) in [4.78, 5) is 17.9. The summed E-state index contributed by atoms with van der Waals surface area (Å²) in [6, 6.07) is 0. The Hall–Kier alpha value is -0.360. The smallest absolute Gasteiger partial charge is 0.107 e. The fourth-order valence-electron chi connectivity index (χ4n) is 2.34. The van der Waals surface area contributed by atoms with Crippen molar-refractivity contribution in [1.82, 2.24) is 0 Å². The second-order valence-electron chi connectivity index (χ2n) is 6.02. The van der Waals surface area contributed by atoms with Crippen molar-refractivity contribution in [1.29, 1.82) is 0 Å². The molecule has 26 heavy (non-hydrogen) atoms. The molecule has 0 amide bonds. The van der Waals surface area contributed by atoms with Crippen molar-refractivity contribution in [3.8, 4) is 0 Å². The molecule has 0 rings (SSSR count). The summed E-state index contributed by atoms with van der Waals surface area (Å²) in [6.07, 6.45) is 8.27. The summed E-state index contributed by atoms with van der Waals surface area (Å²) >= 11 is 0. The Bertz CT molecular complexity index is 254. The lowest BCUT2D eigenvalue weighted by molar-refractivity contribution is -0.345. The molecule has 158 valence electrons. The molecule has 0 bridgehead atoms. The number of carbonyl (C=O) groups excluding carboxylic acids is 2. The highest BCUT2D eigenvalue weighted by molar-refractivity contribution is 7.97. The topological polar surface area (TPSA) is 80.3 Å². The molecular weight excluding hydrogens is 368 g/mol. The van der Waals surface area contributed by atoms with Crippen molar-refractivity contribution in [3.63, 3.8) is 0 Å². The van der Waals surface area contributed by atoms with E-state index in [0.29, 0.717) is 0 Å². The Morgan fingerprint density at radius 2 is 0.654 bits per heavy atom. The molecule has 0 fully saturated rings. The van der Waals surface area contributed by atoms with Crippen LogP contribution in [0, 0.1) is 0 Å². The summed E-state index contributed by atoms with van der Waals surface area (Å²) in [6.45, 7) is 13.8. The molecule has 0 aromatic rings. The van der Waals surface area contributed by atoms with Crippen molar-refractivity contribution in [2.24, 2.45) is 0 Å². The summed E-state index contributed by atoms with van der Waals surface area (Å²) in [5, 5.41) is 17.9. The highest BCUT2D eigenvalue weighted by atomic mass is 32.2. The van der Waals surface area contributed by atoms with Crippen molar-refractivity contribution in [2.45, 2.75) is 80.1 Å². The lowest BCUT2D eigenvalue weighted by Gasteiger charge is -2.03. The van der Waals surface area contributed by atoms with Gasteiger partial charge in [0.15, 0.2) is 0 Å². The molecule has 0 atom stereocenters. The number of carboxylic acids is 2. The van der Waals surface area contributed by atoms with E-state index in [1.54, 1.807) is 0 Å². The first kappa shape index (κ1) is 30.4. The Labute approximate surface area is 168 Å². The van der Waals surface area contributed by atoms with E-state index in [0.717, 1.165) is 21.8 Å². The van der Waals surface area contributed by atoms with Crippen molar-refractivity contribution >= 4 is 33.7 Å². The molecule has 0 N–H and O–H groups in total. The fraction of sp³-hybridized carbons (Fsp3) is 0.900. The second kappa shape index (κ2) is 24.6. The largest absolute Gasteiger partial charge is 0.543 e. The van der Waals surface area contributed by atoms with Crippen LogP contribution in [0.3, 0.4) is 0 Å². The Balaban J connectivity index is -0.000000316. The highest BCUT2D eigenvalue weighted by Crippen LogP contribution is 2.04. The third-order valence-electron chi connectivity index (χ3n) is 3.12.